The number of ether oxygens (including phenoxy) is 1. The normalized spacial score (nSPS) is 15.5. The molecule has 0 aromatic carbocycles. The van der Waals surface area contributed by atoms with Gasteiger partial charge in [-0.1, -0.05) is 0 Å². The lowest BCUT2D eigenvalue weighted by molar-refractivity contribution is -0.385. The number of nitro groups is 1. The van der Waals surface area contributed by atoms with E-state index in [-0.39, 0.29) is 12.0 Å². The Morgan fingerprint density at radius 3 is 2.45 bits per heavy atom. The van der Waals surface area contributed by atoms with Crippen LogP contribution >= 0.6 is 0 Å². The number of aromatic nitrogens is 2. The van der Waals surface area contributed by atoms with Crippen molar-refractivity contribution < 1.29 is 24.4 Å². The maximum Gasteiger partial charge on any atom is 0.410 e. The van der Waals surface area contributed by atoms with Gasteiger partial charge in [-0.15, -0.1) is 0 Å². The average Bonchev–Trinajstić information content (AvgIpc) is 2.95. The fourth-order valence-electron chi connectivity index (χ4n) is 3.58. The number of nitrogens with zero attached hydrogens (tertiary/aromatic N) is 4. The second-order valence-electron chi connectivity index (χ2n) is 8.19. The molecule has 29 heavy (non-hydrogen) atoms. The quantitative estimate of drug-likeness (QED) is 0.613. The number of aromatic carboxylic acids is 1. The predicted octanol–water partition coefficient (Wildman–Crippen LogP) is 3.36. The third kappa shape index (κ3) is 4.15. The van der Waals surface area contributed by atoms with E-state index in [1.165, 1.54) is 12.3 Å². The van der Waals surface area contributed by atoms with Crippen LogP contribution < -0.4 is 0 Å². The van der Waals surface area contributed by atoms with E-state index in [9.17, 15) is 24.8 Å². The van der Waals surface area contributed by atoms with E-state index in [1.807, 2.05) is 20.8 Å². The van der Waals surface area contributed by atoms with E-state index in [0.717, 1.165) is 11.4 Å². The summed E-state index contributed by atoms with van der Waals surface area (Å²) in [5, 5.41) is 20.5. The molecule has 0 saturated carbocycles. The lowest BCUT2D eigenvalue weighted by Gasteiger charge is -2.33. The van der Waals surface area contributed by atoms with Crippen LogP contribution in [0.5, 0.6) is 0 Å². The first-order valence-corrected chi connectivity index (χ1v) is 9.36. The van der Waals surface area contributed by atoms with Crippen molar-refractivity contribution in [1.29, 1.82) is 0 Å². The van der Waals surface area contributed by atoms with Crippen LogP contribution in [0.2, 0.25) is 0 Å². The van der Waals surface area contributed by atoms with E-state index in [2.05, 4.69) is 4.98 Å². The van der Waals surface area contributed by atoms with Crippen LogP contribution in [-0.2, 0) is 4.74 Å². The van der Waals surface area contributed by atoms with Gasteiger partial charge in [-0.3, -0.25) is 14.5 Å². The van der Waals surface area contributed by atoms with Crippen molar-refractivity contribution in [2.24, 2.45) is 0 Å². The van der Waals surface area contributed by atoms with Crippen molar-refractivity contribution in [2.45, 2.75) is 52.1 Å². The molecule has 0 aliphatic carbocycles. The van der Waals surface area contributed by atoms with Gasteiger partial charge in [0.2, 0.25) is 0 Å². The Kier molecular flexibility index (Phi) is 5.20. The van der Waals surface area contributed by atoms with E-state index >= 15 is 0 Å². The first-order chi connectivity index (χ1) is 13.5. The fourth-order valence-corrected chi connectivity index (χ4v) is 3.58. The maximum absolute atomic E-state index is 12.2. The summed E-state index contributed by atoms with van der Waals surface area (Å²) in [6.45, 7) is 8.31. The number of hydrogen-bond donors (Lipinski definition) is 1. The summed E-state index contributed by atoms with van der Waals surface area (Å²) in [6, 6.07) is 1.23. The second-order valence-corrected chi connectivity index (χ2v) is 8.19. The lowest BCUT2D eigenvalue weighted by atomic mass is 9.93. The molecule has 10 nitrogen and oxygen atoms in total. The molecule has 2 aromatic heterocycles. The van der Waals surface area contributed by atoms with Crippen molar-refractivity contribution in [3.63, 3.8) is 0 Å². The molecular formula is C19H24N4O6. The zero-order chi connectivity index (χ0) is 21.5. The molecule has 10 heteroatoms. The van der Waals surface area contributed by atoms with Crippen molar-refractivity contribution >= 4 is 23.4 Å². The summed E-state index contributed by atoms with van der Waals surface area (Å²) >= 11 is 0. The Labute approximate surface area is 167 Å². The van der Waals surface area contributed by atoms with Gasteiger partial charge in [0.25, 0.3) is 0 Å². The molecule has 156 valence electrons. The Morgan fingerprint density at radius 1 is 1.31 bits per heavy atom. The van der Waals surface area contributed by atoms with Gasteiger partial charge < -0.3 is 14.7 Å². The molecule has 1 aliphatic rings. The zero-order valence-corrected chi connectivity index (χ0v) is 16.8. The van der Waals surface area contributed by atoms with Crippen LogP contribution in [0, 0.1) is 17.0 Å². The number of likely N-dealkylation sites (tertiary alicyclic amines) is 1. The van der Waals surface area contributed by atoms with Crippen LogP contribution in [0.15, 0.2) is 12.3 Å². The number of fused-ring (bicyclic) bond motifs is 1. The van der Waals surface area contributed by atoms with Crippen LogP contribution in [0.4, 0.5) is 10.5 Å². The Balaban J connectivity index is 1.84. The highest BCUT2D eigenvalue weighted by molar-refractivity contribution is 5.93. The second kappa shape index (κ2) is 7.34. The van der Waals surface area contributed by atoms with Gasteiger partial charge in [0.05, 0.1) is 16.8 Å². The molecule has 1 saturated heterocycles. The van der Waals surface area contributed by atoms with Crippen molar-refractivity contribution in [3.8, 4) is 0 Å². The lowest BCUT2D eigenvalue weighted by Crippen LogP contribution is -2.41. The van der Waals surface area contributed by atoms with Gasteiger partial charge in [-0.25, -0.2) is 14.6 Å². The molecule has 3 heterocycles. The minimum absolute atomic E-state index is 0.0703. The number of carboxylic acid groups (broad SMARTS) is 1. The average molecular weight is 404 g/mol. The maximum atomic E-state index is 12.2. The van der Waals surface area contributed by atoms with Gasteiger partial charge in [0, 0.05) is 30.8 Å². The van der Waals surface area contributed by atoms with Gasteiger partial charge in [-0.2, -0.15) is 0 Å². The molecular weight excluding hydrogens is 380 g/mol. The molecule has 0 unspecified atom stereocenters. The minimum atomic E-state index is -1.37. The monoisotopic (exact) mass is 404 g/mol. The third-order valence-corrected chi connectivity index (χ3v) is 4.98. The number of imidazole rings is 1. The number of carboxylic acids is 1. The van der Waals surface area contributed by atoms with Crippen molar-refractivity contribution in [2.75, 3.05) is 13.1 Å². The number of pyridine rings is 1. The van der Waals surface area contributed by atoms with E-state index < -0.39 is 27.7 Å². The van der Waals surface area contributed by atoms with Crippen molar-refractivity contribution in [3.05, 3.63) is 39.3 Å². The molecule has 1 aliphatic heterocycles. The summed E-state index contributed by atoms with van der Waals surface area (Å²) in [5.41, 5.74) is 0.440. The smallest absolute Gasteiger partial charge is 0.410 e. The number of rotatable bonds is 3. The number of hydrogen-bond acceptors (Lipinski definition) is 6. The topological polar surface area (TPSA) is 127 Å². The molecule has 3 rings (SSSR count). The van der Waals surface area contributed by atoms with Gasteiger partial charge in [0.15, 0.2) is 0 Å². The summed E-state index contributed by atoms with van der Waals surface area (Å²) in [4.78, 5) is 40.4. The highest BCUT2D eigenvalue weighted by atomic mass is 16.6. The number of amides is 1. The van der Waals surface area contributed by atoms with E-state index in [1.54, 1.807) is 16.2 Å². The molecule has 1 fully saturated rings. The van der Waals surface area contributed by atoms with E-state index in [4.69, 9.17) is 4.74 Å². The van der Waals surface area contributed by atoms with E-state index in [0.29, 0.717) is 31.6 Å². The Hall–Kier alpha value is -3.17. The molecule has 0 atom stereocenters. The number of carbonyl (C=O) groups is 2. The van der Waals surface area contributed by atoms with Crippen molar-refractivity contribution in [1.82, 2.24) is 14.3 Å². The van der Waals surface area contributed by atoms with Crippen LogP contribution in [-0.4, -0.2) is 55.1 Å². The number of aryl methyl sites for hydroxylation is 1. The largest absolute Gasteiger partial charge is 0.477 e. The van der Waals surface area contributed by atoms with Crippen LogP contribution in [0.1, 0.15) is 61.3 Å². The van der Waals surface area contributed by atoms with Crippen LogP contribution in [0.3, 0.4) is 0 Å². The summed E-state index contributed by atoms with van der Waals surface area (Å²) in [7, 11) is 0. The Bertz CT molecular complexity index is 983. The number of carbonyl (C=O) groups excluding carboxylic acids is 1. The molecule has 2 aromatic rings. The number of piperidine rings is 1. The molecule has 1 amide bonds. The van der Waals surface area contributed by atoms with Gasteiger partial charge in [-0.05, 0) is 40.5 Å². The minimum Gasteiger partial charge on any atom is -0.477 e. The molecule has 0 bridgehead atoms. The SMILES string of the molecule is Cc1c(C2CCN(C(=O)OC(C)(C)C)CC2)nc2cc(C(=O)O)c([N+](=O)[O-])cn12. The first-order valence-electron chi connectivity index (χ1n) is 9.36. The van der Waals surface area contributed by atoms with Gasteiger partial charge >= 0.3 is 17.7 Å². The van der Waals surface area contributed by atoms with Crippen LogP contribution in [0.25, 0.3) is 5.65 Å². The molecule has 0 radical (unpaired) electrons. The third-order valence-electron chi connectivity index (χ3n) is 4.98. The fraction of sp³-hybridized carbons (Fsp3) is 0.526. The highest BCUT2D eigenvalue weighted by Gasteiger charge is 2.30. The highest BCUT2D eigenvalue weighted by Crippen LogP contribution is 2.32. The zero-order valence-electron chi connectivity index (χ0n) is 16.8. The summed E-state index contributed by atoms with van der Waals surface area (Å²) in [6.07, 6.45) is 2.22. The predicted molar refractivity (Wildman–Crippen MR) is 103 cm³/mol. The van der Waals surface area contributed by atoms with Gasteiger partial charge in [0.1, 0.15) is 16.8 Å². The standard InChI is InChI=1S/C19H24N4O6/c1-11-16(12-5-7-21(8-6-12)18(26)29-19(2,3)4)20-15-9-13(17(24)25)14(23(27)28)10-22(11)15/h9-10,12H,5-8H2,1-4H3,(H,24,25). The Morgan fingerprint density at radius 2 is 1.93 bits per heavy atom. The summed E-state index contributed by atoms with van der Waals surface area (Å²) < 4.78 is 6.96. The first kappa shape index (κ1) is 20.6. The molecule has 0 spiro atoms. The molecule has 1 N–H and O–H groups in total. The summed E-state index contributed by atoms with van der Waals surface area (Å²) in [5.74, 6) is -1.30.